The van der Waals surface area contributed by atoms with Gasteiger partial charge in [-0.15, -0.1) is 22.0 Å². The number of nitrogens with zero attached hydrogens (tertiary/aromatic N) is 5. The number of amides is 1. The Kier molecular flexibility index (Phi) is 7.35. The molecule has 0 spiro atoms. The summed E-state index contributed by atoms with van der Waals surface area (Å²) in [5, 5.41) is 8.91. The molecule has 1 aliphatic heterocycles. The van der Waals surface area contributed by atoms with E-state index < -0.39 is 0 Å². The highest BCUT2D eigenvalue weighted by atomic mass is 32.2. The summed E-state index contributed by atoms with van der Waals surface area (Å²) in [6.07, 6.45) is 0. The van der Waals surface area contributed by atoms with Crippen LogP contribution in [0.5, 0.6) is 0 Å². The van der Waals surface area contributed by atoms with Gasteiger partial charge in [-0.25, -0.2) is 8.78 Å². The van der Waals surface area contributed by atoms with Crippen LogP contribution in [-0.2, 0) is 4.79 Å². The van der Waals surface area contributed by atoms with E-state index in [1.165, 1.54) is 30.0 Å². The molecule has 4 rings (SSSR count). The largest absolute Gasteiger partial charge is 0.325 e. The fraction of sp³-hybridized carbons (Fsp3) is 0.348. The van der Waals surface area contributed by atoms with Crippen molar-refractivity contribution in [2.75, 3.05) is 32.1 Å². The Morgan fingerprint density at radius 3 is 2.61 bits per heavy atom. The maximum absolute atomic E-state index is 14.3. The molecule has 0 aliphatic carbocycles. The molecule has 1 amide bonds. The van der Waals surface area contributed by atoms with Crippen LogP contribution in [0.2, 0.25) is 0 Å². The van der Waals surface area contributed by atoms with Crippen LogP contribution in [-0.4, -0.2) is 62.6 Å². The van der Waals surface area contributed by atoms with Gasteiger partial charge >= 0.3 is 0 Å². The van der Waals surface area contributed by atoms with Crippen LogP contribution in [0.3, 0.4) is 0 Å². The lowest BCUT2D eigenvalue weighted by Gasteiger charge is -2.24. The van der Waals surface area contributed by atoms with Crippen LogP contribution in [0.25, 0.3) is 5.69 Å². The molecule has 10 heteroatoms. The highest BCUT2D eigenvalue weighted by molar-refractivity contribution is 8.00. The number of benzene rings is 2. The van der Waals surface area contributed by atoms with Gasteiger partial charge in [-0.3, -0.25) is 14.3 Å². The Morgan fingerprint density at radius 2 is 1.91 bits per heavy atom. The number of hydrogen-bond acceptors (Lipinski definition) is 6. The Hall–Kier alpha value is -2.43. The maximum atomic E-state index is 14.3. The molecule has 6 nitrogen and oxygen atoms in total. The van der Waals surface area contributed by atoms with Crippen molar-refractivity contribution in [2.24, 2.45) is 0 Å². The second-order valence-electron chi connectivity index (χ2n) is 7.91. The molecule has 1 aromatic heterocycles. The summed E-state index contributed by atoms with van der Waals surface area (Å²) in [5.74, 6) is 0.869. The molecule has 0 unspecified atom stereocenters. The lowest BCUT2D eigenvalue weighted by atomic mass is 10.2. The monoisotopic (exact) mass is 489 g/mol. The Labute approximate surface area is 200 Å². The predicted molar refractivity (Wildman–Crippen MR) is 127 cm³/mol. The van der Waals surface area contributed by atoms with Crippen molar-refractivity contribution in [1.29, 1.82) is 0 Å². The number of halogens is 2. The van der Waals surface area contributed by atoms with E-state index in [2.05, 4.69) is 10.2 Å². The summed E-state index contributed by atoms with van der Waals surface area (Å²) in [6, 6.07) is 12.6. The van der Waals surface area contributed by atoms with E-state index in [-0.39, 0.29) is 34.7 Å². The Morgan fingerprint density at radius 1 is 1.18 bits per heavy atom. The van der Waals surface area contributed by atoms with E-state index >= 15 is 0 Å². The normalized spacial score (nSPS) is 17.0. The molecule has 1 aliphatic rings. The summed E-state index contributed by atoms with van der Waals surface area (Å²) in [5.41, 5.74) is 1.25. The lowest BCUT2D eigenvalue weighted by molar-refractivity contribution is -0.128. The average molecular weight is 490 g/mol. The smallest absolute Gasteiger partial charge is 0.234 e. The Bertz CT molecular complexity index is 1120. The number of thioether (sulfide) groups is 2. The molecule has 174 valence electrons. The summed E-state index contributed by atoms with van der Waals surface area (Å²) in [7, 11) is 3.89. The molecule has 1 fully saturated rings. The van der Waals surface area contributed by atoms with Crippen LogP contribution < -0.4 is 0 Å². The zero-order chi connectivity index (χ0) is 23.5. The van der Waals surface area contributed by atoms with Crippen molar-refractivity contribution in [2.45, 2.75) is 23.5 Å². The number of aromatic nitrogens is 3. The molecule has 0 radical (unpaired) electrons. The van der Waals surface area contributed by atoms with E-state index in [0.717, 1.165) is 11.4 Å². The van der Waals surface area contributed by atoms with Gasteiger partial charge in [0.25, 0.3) is 0 Å². The van der Waals surface area contributed by atoms with Crippen molar-refractivity contribution in [3.63, 3.8) is 0 Å². The van der Waals surface area contributed by atoms with Gasteiger partial charge in [-0.1, -0.05) is 30.0 Å². The maximum Gasteiger partial charge on any atom is 0.234 e. The number of carbonyl (C=O) groups excluding carboxylic acids is 1. The van der Waals surface area contributed by atoms with Crippen molar-refractivity contribution >= 4 is 29.4 Å². The molecule has 33 heavy (non-hydrogen) atoms. The average Bonchev–Trinajstić information content (AvgIpc) is 3.45. The zero-order valence-corrected chi connectivity index (χ0v) is 20.2. The SMILES string of the molecule is C[C@H](c1nnc(SCC(=O)N2CCS[C@H]2c2ccccc2F)n1-c1ccc(F)cc1)N(C)C. The van der Waals surface area contributed by atoms with Crippen LogP contribution in [0.4, 0.5) is 8.78 Å². The molecule has 0 bridgehead atoms. The summed E-state index contributed by atoms with van der Waals surface area (Å²) >= 11 is 2.84. The second kappa shape index (κ2) is 10.2. The van der Waals surface area contributed by atoms with Gasteiger partial charge in [0, 0.05) is 23.5 Å². The summed E-state index contributed by atoms with van der Waals surface area (Å²) in [6.45, 7) is 2.57. The van der Waals surface area contributed by atoms with E-state index in [1.54, 1.807) is 47.0 Å². The van der Waals surface area contributed by atoms with Gasteiger partial charge in [0.2, 0.25) is 5.91 Å². The van der Waals surface area contributed by atoms with E-state index in [1.807, 2.05) is 30.5 Å². The highest BCUT2D eigenvalue weighted by Gasteiger charge is 2.32. The zero-order valence-electron chi connectivity index (χ0n) is 18.6. The summed E-state index contributed by atoms with van der Waals surface area (Å²) < 4.78 is 29.7. The van der Waals surface area contributed by atoms with Gasteiger partial charge in [0.05, 0.1) is 11.8 Å². The van der Waals surface area contributed by atoms with Crippen molar-refractivity contribution in [1.82, 2.24) is 24.6 Å². The molecular weight excluding hydrogens is 464 g/mol. The minimum Gasteiger partial charge on any atom is -0.325 e. The molecule has 0 saturated carbocycles. The first kappa shape index (κ1) is 23.7. The van der Waals surface area contributed by atoms with E-state index in [0.29, 0.717) is 23.1 Å². The van der Waals surface area contributed by atoms with Gasteiger partial charge in [0.1, 0.15) is 17.0 Å². The predicted octanol–water partition coefficient (Wildman–Crippen LogP) is 4.53. The third kappa shape index (κ3) is 5.07. The highest BCUT2D eigenvalue weighted by Crippen LogP contribution is 2.39. The van der Waals surface area contributed by atoms with Crippen molar-refractivity contribution < 1.29 is 13.6 Å². The van der Waals surface area contributed by atoms with E-state index in [9.17, 15) is 13.6 Å². The van der Waals surface area contributed by atoms with Crippen molar-refractivity contribution in [3.8, 4) is 5.69 Å². The second-order valence-corrected chi connectivity index (χ2v) is 10.0. The number of hydrogen-bond donors (Lipinski definition) is 0. The number of rotatable bonds is 7. The van der Waals surface area contributed by atoms with Crippen LogP contribution in [0, 0.1) is 11.6 Å². The molecule has 0 N–H and O–H groups in total. The standard InChI is InChI=1S/C23H25F2N5OS2/c1-15(28(2)3)21-26-27-23(30(21)17-10-8-16(24)9-11-17)33-14-20(31)29-12-13-32-22(29)18-6-4-5-7-19(18)25/h4-11,15,22H,12-14H2,1-3H3/t15-,22+/m1/s1. The quantitative estimate of drug-likeness (QED) is 0.455. The minimum absolute atomic E-state index is 0.0481. The van der Waals surface area contributed by atoms with Crippen molar-refractivity contribution in [3.05, 3.63) is 71.6 Å². The first-order chi connectivity index (χ1) is 15.9. The fourth-order valence-electron chi connectivity index (χ4n) is 3.58. The van der Waals surface area contributed by atoms with Crippen LogP contribution in [0.1, 0.15) is 29.7 Å². The van der Waals surface area contributed by atoms with Gasteiger partial charge in [-0.05, 0) is 51.4 Å². The van der Waals surface area contributed by atoms with Crippen LogP contribution in [0.15, 0.2) is 53.7 Å². The van der Waals surface area contributed by atoms with Gasteiger partial charge in [-0.2, -0.15) is 0 Å². The third-order valence-corrected chi connectivity index (χ3v) is 7.75. The first-order valence-electron chi connectivity index (χ1n) is 10.5. The third-order valence-electron chi connectivity index (χ3n) is 5.60. The molecule has 2 heterocycles. The first-order valence-corrected chi connectivity index (χ1v) is 12.6. The lowest BCUT2D eigenvalue weighted by Crippen LogP contribution is -2.32. The Balaban J connectivity index is 1.56. The molecule has 1 saturated heterocycles. The fourth-order valence-corrected chi connectivity index (χ4v) is 5.72. The van der Waals surface area contributed by atoms with Gasteiger partial charge < -0.3 is 4.90 Å². The van der Waals surface area contributed by atoms with E-state index in [4.69, 9.17) is 0 Å². The molecular formula is C23H25F2N5OS2. The van der Waals surface area contributed by atoms with Crippen LogP contribution >= 0.6 is 23.5 Å². The number of carbonyl (C=O) groups is 1. The summed E-state index contributed by atoms with van der Waals surface area (Å²) in [4.78, 5) is 16.8. The molecule has 3 aromatic rings. The topological polar surface area (TPSA) is 54.3 Å². The molecule has 2 aromatic carbocycles. The minimum atomic E-state index is -0.335. The van der Waals surface area contributed by atoms with Gasteiger partial charge in [0.15, 0.2) is 11.0 Å². The molecule has 2 atom stereocenters.